The lowest BCUT2D eigenvalue weighted by Gasteiger charge is -2.28. The van der Waals surface area contributed by atoms with E-state index in [1.165, 1.54) is 0 Å². The van der Waals surface area contributed by atoms with Gasteiger partial charge in [-0.1, -0.05) is 20.8 Å². The molecular formula is C9H20O2S. The molecule has 0 aromatic rings. The predicted octanol–water partition coefficient (Wildman–Crippen LogP) is 2.25. The topological polar surface area (TPSA) is 34.1 Å². The molecule has 0 aromatic carbocycles. The fourth-order valence-corrected chi connectivity index (χ4v) is 2.67. The van der Waals surface area contributed by atoms with Crippen molar-refractivity contribution in [3.63, 3.8) is 0 Å². The van der Waals surface area contributed by atoms with Crippen molar-refractivity contribution in [3.05, 3.63) is 0 Å². The Bertz CT molecular complexity index is 225. The van der Waals surface area contributed by atoms with Crippen LogP contribution in [0.4, 0.5) is 0 Å². The highest BCUT2D eigenvalue weighted by atomic mass is 32.2. The van der Waals surface area contributed by atoms with Gasteiger partial charge in [0.1, 0.15) is 0 Å². The van der Waals surface area contributed by atoms with Crippen LogP contribution in [0.3, 0.4) is 0 Å². The van der Waals surface area contributed by atoms with Crippen LogP contribution in [-0.2, 0) is 9.84 Å². The highest BCUT2D eigenvalue weighted by molar-refractivity contribution is 7.92. The quantitative estimate of drug-likeness (QED) is 0.684. The normalized spacial score (nSPS) is 13.8. The Balaban J connectivity index is 4.77. The molecule has 0 N–H and O–H groups in total. The minimum absolute atomic E-state index is 0.175. The van der Waals surface area contributed by atoms with E-state index in [1.54, 1.807) is 0 Å². The van der Waals surface area contributed by atoms with Crippen LogP contribution in [0.2, 0.25) is 0 Å². The van der Waals surface area contributed by atoms with Crippen LogP contribution < -0.4 is 0 Å². The molecule has 0 aliphatic carbocycles. The monoisotopic (exact) mass is 192 g/mol. The van der Waals surface area contributed by atoms with Gasteiger partial charge >= 0.3 is 0 Å². The molecule has 3 heteroatoms. The second-order valence-electron chi connectivity index (χ2n) is 4.08. The van der Waals surface area contributed by atoms with E-state index < -0.39 is 14.6 Å². The van der Waals surface area contributed by atoms with Crippen molar-refractivity contribution in [1.82, 2.24) is 0 Å². The first-order valence-electron chi connectivity index (χ1n) is 4.48. The Morgan fingerprint density at radius 2 is 1.67 bits per heavy atom. The summed E-state index contributed by atoms with van der Waals surface area (Å²) in [4.78, 5) is 0. The number of rotatable bonds is 4. The van der Waals surface area contributed by atoms with Crippen LogP contribution in [0, 0.1) is 5.92 Å². The average molecular weight is 192 g/mol. The van der Waals surface area contributed by atoms with Crippen LogP contribution in [0.15, 0.2) is 0 Å². The third kappa shape index (κ3) is 2.22. The van der Waals surface area contributed by atoms with E-state index in [2.05, 4.69) is 0 Å². The number of hydrogen-bond donors (Lipinski definition) is 0. The van der Waals surface area contributed by atoms with Crippen LogP contribution in [0.5, 0.6) is 0 Å². The maximum absolute atomic E-state index is 11.7. The van der Waals surface area contributed by atoms with E-state index in [0.29, 0.717) is 12.2 Å². The summed E-state index contributed by atoms with van der Waals surface area (Å²) < 4.78 is 22.8. The molecule has 2 nitrogen and oxygen atoms in total. The van der Waals surface area contributed by atoms with Gasteiger partial charge in [-0.3, -0.25) is 0 Å². The summed E-state index contributed by atoms with van der Waals surface area (Å²) in [5.41, 5.74) is 0. The van der Waals surface area contributed by atoms with Crippen molar-refractivity contribution in [3.8, 4) is 0 Å². The molecule has 0 aliphatic heterocycles. The highest BCUT2D eigenvalue weighted by Gasteiger charge is 2.36. The first-order valence-corrected chi connectivity index (χ1v) is 6.13. The molecule has 0 fully saturated rings. The molecule has 0 saturated carbocycles. The molecule has 0 aliphatic rings. The highest BCUT2D eigenvalue weighted by Crippen LogP contribution is 2.26. The third-order valence-corrected chi connectivity index (χ3v) is 5.69. The van der Waals surface area contributed by atoms with Crippen molar-refractivity contribution >= 4 is 9.84 Å². The molecule has 0 atom stereocenters. The third-order valence-electron chi connectivity index (χ3n) is 2.66. The number of hydrogen-bond acceptors (Lipinski definition) is 2. The second kappa shape index (κ2) is 3.77. The van der Waals surface area contributed by atoms with Gasteiger partial charge in [-0.15, -0.1) is 0 Å². The predicted molar refractivity (Wildman–Crippen MR) is 53.0 cm³/mol. The molecule has 0 heterocycles. The molecular weight excluding hydrogens is 172 g/mol. The van der Waals surface area contributed by atoms with Gasteiger partial charge in [-0.2, -0.15) is 0 Å². The van der Waals surface area contributed by atoms with E-state index in [4.69, 9.17) is 0 Å². The fraction of sp³-hybridized carbons (Fsp3) is 1.00. The summed E-state index contributed by atoms with van der Waals surface area (Å²) in [6.45, 7) is 9.42. The van der Waals surface area contributed by atoms with Crippen molar-refractivity contribution in [2.75, 3.05) is 5.75 Å². The maximum Gasteiger partial charge on any atom is 0.155 e. The molecule has 0 spiro atoms. The van der Waals surface area contributed by atoms with Crippen LogP contribution in [0.25, 0.3) is 0 Å². The zero-order valence-electron chi connectivity index (χ0n) is 8.72. The van der Waals surface area contributed by atoms with E-state index in [0.717, 1.165) is 0 Å². The van der Waals surface area contributed by atoms with E-state index in [9.17, 15) is 8.42 Å². The summed E-state index contributed by atoms with van der Waals surface area (Å²) in [5, 5.41) is 0. The minimum Gasteiger partial charge on any atom is -0.228 e. The Morgan fingerprint density at radius 1 is 1.25 bits per heavy atom. The summed E-state index contributed by atoms with van der Waals surface area (Å²) in [6.07, 6.45) is 0.707. The smallest absolute Gasteiger partial charge is 0.155 e. The molecule has 0 unspecified atom stereocenters. The zero-order valence-corrected chi connectivity index (χ0v) is 9.53. The second-order valence-corrected chi connectivity index (χ2v) is 6.77. The Morgan fingerprint density at radius 3 is 1.92 bits per heavy atom. The molecule has 12 heavy (non-hydrogen) atoms. The minimum atomic E-state index is -2.91. The standard InChI is InChI=1S/C9H20O2S/c1-6-7-12(10,11)9(4,5)8(2)3/h8H,6-7H2,1-5H3. The van der Waals surface area contributed by atoms with Gasteiger partial charge in [0.15, 0.2) is 9.84 Å². The molecule has 0 saturated heterocycles. The van der Waals surface area contributed by atoms with Crippen molar-refractivity contribution in [2.45, 2.75) is 45.8 Å². The van der Waals surface area contributed by atoms with E-state index in [1.807, 2.05) is 34.6 Å². The SMILES string of the molecule is CCCS(=O)(=O)C(C)(C)C(C)C. The Hall–Kier alpha value is -0.0500. The Kier molecular flexibility index (Phi) is 3.76. The van der Waals surface area contributed by atoms with E-state index >= 15 is 0 Å². The van der Waals surface area contributed by atoms with Crippen molar-refractivity contribution in [2.24, 2.45) is 5.92 Å². The van der Waals surface area contributed by atoms with Gasteiger partial charge in [0.25, 0.3) is 0 Å². The van der Waals surface area contributed by atoms with Gasteiger partial charge in [-0.05, 0) is 26.2 Å². The maximum atomic E-state index is 11.7. The molecule has 0 rings (SSSR count). The van der Waals surface area contributed by atoms with Gasteiger partial charge in [0.2, 0.25) is 0 Å². The summed E-state index contributed by atoms with van der Waals surface area (Å²) in [7, 11) is -2.91. The van der Waals surface area contributed by atoms with Gasteiger partial charge < -0.3 is 0 Å². The van der Waals surface area contributed by atoms with Gasteiger partial charge in [-0.25, -0.2) is 8.42 Å². The molecule has 74 valence electrons. The zero-order chi connectivity index (χ0) is 9.99. The van der Waals surface area contributed by atoms with Crippen molar-refractivity contribution in [1.29, 1.82) is 0 Å². The van der Waals surface area contributed by atoms with Crippen LogP contribution in [0.1, 0.15) is 41.0 Å². The first kappa shape index (κ1) is 11.9. The van der Waals surface area contributed by atoms with E-state index in [-0.39, 0.29) is 5.92 Å². The lowest BCUT2D eigenvalue weighted by molar-refractivity contribution is 0.453. The summed E-state index contributed by atoms with van der Waals surface area (Å²) in [6, 6.07) is 0. The molecule has 0 aromatic heterocycles. The van der Waals surface area contributed by atoms with Crippen LogP contribution in [-0.4, -0.2) is 18.9 Å². The first-order chi connectivity index (χ1) is 5.25. The largest absolute Gasteiger partial charge is 0.228 e. The van der Waals surface area contributed by atoms with Crippen LogP contribution >= 0.6 is 0 Å². The lowest BCUT2D eigenvalue weighted by Crippen LogP contribution is -2.38. The molecule has 0 amide bonds. The summed E-state index contributed by atoms with van der Waals surface area (Å²) >= 11 is 0. The van der Waals surface area contributed by atoms with Gasteiger partial charge in [0.05, 0.1) is 10.5 Å². The van der Waals surface area contributed by atoms with Crippen molar-refractivity contribution < 1.29 is 8.42 Å². The fourth-order valence-electron chi connectivity index (χ4n) is 0.891. The summed E-state index contributed by atoms with van der Waals surface area (Å²) in [5.74, 6) is 0.479. The molecule has 0 radical (unpaired) electrons. The average Bonchev–Trinajstić information content (AvgIpc) is 1.86. The number of sulfone groups is 1. The molecule has 0 bridgehead atoms. The Labute approximate surface area is 76.3 Å². The van der Waals surface area contributed by atoms with Gasteiger partial charge in [0, 0.05) is 0 Å². The lowest BCUT2D eigenvalue weighted by atomic mass is 10.00.